The van der Waals surface area contributed by atoms with Gasteiger partial charge in [-0.1, -0.05) is 39.5 Å². The van der Waals surface area contributed by atoms with Crippen molar-refractivity contribution in [3.05, 3.63) is 22.3 Å². The lowest BCUT2D eigenvalue weighted by Gasteiger charge is -2.07. The van der Waals surface area contributed by atoms with Crippen molar-refractivity contribution >= 4 is 21.7 Å². The Morgan fingerprint density at radius 3 is 2.56 bits per heavy atom. The standard InChI is InChI=1S/C15H25BrN2/c1-12(2)8-6-4-5-7-11-17-15-10-9-14(16)13(3)18-15/h9-10,12H,4-8,11H2,1-3H3,(H,17,18). The summed E-state index contributed by atoms with van der Waals surface area (Å²) in [6.45, 7) is 7.63. The molecule has 1 rings (SSSR count). The number of hydrogen-bond acceptors (Lipinski definition) is 2. The molecule has 1 heterocycles. The summed E-state index contributed by atoms with van der Waals surface area (Å²) < 4.78 is 1.07. The number of nitrogens with zero attached hydrogens (tertiary/aromatic N) is 1. The van der Waals surface area contributed by atoms with E-state index in [-0.39, 0.29) is 0 Å². The van der Waals surface area contributed by atoms with Gasteiger partial charge in [-0.15, -0.1) is 0 Å². The normalized spacial score (nSPS) is 10.9. The van der Waals surface area contributed by atoms with Crippen LogP contribution in [0.5, 0.6) is 0 Å². The zero-order valence-corrected chi connectivity index (χ0v) is 13.4. The predicted molar refractivity (Wildman–Crippen MR) is 83.1 cm³/mol. The number of aryl methyl sites for hydroxylation is 1. The first-order valence-corrected chi connectivity index (χ1v) is 7.76. The molecule has 1 N–H and O–H groups in total. The van der Waals surface area contributed by atoms with Crippen LogP contribution in [-0.2, 0) is 0 Å². The Kier molecular flexibility index (Phi) is 7.33. The summed E-state index contributed by atoms with van der Waals surface area (Å²) >= 11 is 3.46. The van der Waals surface area contributed by atoms with Crippen LogP contribution >= 0.6 is 15.9 Å². The molecule has 102 valence electrons. The van der Waals surface area contributed by atoms with Crippen LogP contribution in [0.2, 0.25) is 0 Å². The summed E-state index contributed by atoms with van der Waals surface area (Å²) in [6, 6.07) is 4.07. The van der Waals surface area contributed by atoms with E-state index in [0.29, 0.717) is 0 Å². The summed E-state index contributed by atoms with van der Waals surface area (Å²) in [7, 11) is 0. The SMILES string of the molecule is Cc1nc(NCCCCCCC(C)C)ccc1Br. The molecule has 18 heavy (non-hydrogen) atoms. The minimum absolute atomic E-state index is 0.845. The number of pyridine rings is 1. The molecular weight excluding hydrogens is 288 g/mol. The third-order valence-corrected chi connectivity index (χ3v) is 3.87. The van der Waals surface area contributed by atoms with Crippen molar-refractivity contribution in [2.45, 2.75) is 52.9 Å². The first kappa shape index (κ1) is 15.5. The van der Waals surface area contributed by atoms with Gasteiger partial charge < -0.3 is 5.32 Å². The number of rotatable bonds is 8. The maximum absolute atomic E-state index is 4.47. The van der Waals surface area contributed by atoms with Crippen molar-refractivity contribution < 1.29 is 0 Å². The molecule has 0 unspecified atom stereocenters. The van der Waals surface area contributed by atoms with Crippen molar-refractivity contribution in [1.82, 2.24) is 4.98 Å². The smallest absolute Gasteiger partial charge is 0.126 e. The highest BCUT2D eigenvalue weighted by Crippen LogP contribution is 2.16. The summed E-state index contributed by atoms with van der Waals surface area (Å²) in [5.41, 5.74) is 1.04. The Bertz CT molecular complexity index is 350. The highest BCUT2D eigenvalue weighted by molar-refractivity contribution is 9.10. The van der Waals surface area contributed by atoms with Crippen molar-refractivity contribution in [1.29, 1.82) is 0 Å². The second-order valence-corrected chi connectivity index (χ2v) is 6.14. The molecule has 2 nitrogen and oxygen atoms in total. The lowest BCUT2D eigenvalue weighted by molar-refractivity contribution is 0.523. The molecule has 0 aliphatic rings. The molecule has 0 saturated carbocycles. The van der Waals surface area contributed by atoms with E-state index in [4.69, 9.17) is 0 Å². The van der Waals surface area contributed by atoms with Crippen LogP contribution in [0.25, 0.3) is 0 Å². The quantitative estimate of drug-likeness (QED) is 0.670. The first-order chi connectivity index (χ1) is 8.59. The van der Waals surface area contributed by atoms with Gasteiger partial charge in [-0.25, -0.2) is 4.98 Å². The average molecular weight is 313 g/mol. The predicted octanol–water partition coefficient (Wildman–Crippen LogP) is 5.17. The van der Waals surface area contributed by atoms with E-state index in [0.717, 1.165) is 28.4 Å². The average Bonchev–Trinajstić information content (AvgIpc) is 2.32. The molecule has 1 aromatic rings. The minimum atomic E-state index is 0.845. The number of halogens is 1. The number of anilines is 1. The van der Waals surface area contributed by atoms with Gasteiger partial charge in [0, 0.05) is 11.0 Å². The van der Waals surface area contributed by atoms with Crippen LogP contribution in [0, 0.1) is 12.8 Å². The fourth-order valence-corrected chi connectivity index (χ4v) is 2.11. The highest BCUT2D eigenvalue weighted by atomic mass is 79.9. The van der Waals surface area contributed by atoms with E-state index in [1.54, 1.807) is 0 Å². The van der Waals surface area contributed by atoms with Gasteiger partial charge in [-0.3, -0.25) is 0 Å². The Hall–Kier alpha value is -0.570. The van der Waals surface area contributed by atoms with Gasteiger partial charge in [-0.2, -0.15) is 0 Å². The summed E-state index contributed by atoms with van der Waals surface area (Å²) in [5.74, 6) is 1.83. The van der Waals surface area contributed by atoms with Crippen molar-refractivity contribution in [2.24, 2.45) is 5.92 Å². The van der Waals surface area contributed by atoms with Crippen molar-refractivity contribution in [3.8, 4) is 0 Å². The first-order valence-electron chi connectivity index (χ1n) is 6.96. The van der Waals surface area contributed by atoms with Crippen LogP contribution in [0.15, 0.2) is 16.6 Å². The second-order valence-electron chi connectivity index (χ2n) is 5.29. The topological polar surface area (TPSA) is 24.9 Å². The van der Waals surface area contributed by atoms with Crippen molar-refractivity contribution in [2.75, 3.05) is 11.9 Å². The Labute approximate surface area is 120 Å². The van der Waals surface area contributed by atoms with E-state index < -0.39 is 0 Å². The molecule has 0 saturated heterocycles. The Morgan fingerprint density at radius 1 is 1.17 bits per heavy atom. The van der Waals surface area contributed by atoms with Gasteiger partial charge >= 0.3 is 0 Å². The summed E-state index contributed by atoms with van der Waals surface area (Å²) in [6.07, 6.45) is 6.63. The van der Waals surface area contributed by atoms with Crippen LogP contribution < -0.4 is 5.32 Å². The molecule has 0 aliphatic heterocycles. The van der Waals surface area contributed by atoms with Crippen LogP contribution in [0.3, 0.4) is 0 Å². The highest BCUT2D eigenvalue weighted by Gasteiger charge is 1.98. The number of nitrogens with one attached hydrogen (secondary N) is 1. The zero-order valence-electron chi connectivity index (χ0n) is 11.8. The number of unbranched alkanes of at least 4 members (excludes halogenated alkanes) is 3. The summed E-state index contributed by atoms with van der Waals surface area (Å²) in [4.78, 5) is 4.47. The van der Waals surface area contributed by atoms with Gasteiger partial charge in [0.2, 0.25) is 0 Å². The maximum Gasteiger partial charge on any atom is 0.126 e. The van der Waals surface area contributed by atoms with E-state index in [2.05, 4.69) is 40.1 Å². The van der Waals surface area contributed by atoms with Gasteiger partial charge in [-0.05, 0) is 47.3 Å². The lowest BCUT2D eigenvalue weighted by Crippen LogP contribution is -2.04. The number of hydrogen-bond donors (Lipinski definition) is 1. The second kappa shape index (κ2) is 8.52. The van der Waals surface area contributed by atoms with E-state index in [1.807, 2.05) is 19.1 Å². The minimum Gasteiger partial charge on any atom is -0.370 e. The molecule has 0 radical (unpaired) electrons. The fraction of sp³-hybridized carbons (Fsp3) is 0.667. The molecular formula is C15H25BrN2. The van der Waals surface area contributed by atoms with Gasteiger partial charge in [0.1, 0.15) is 5.82 Å². The summed E-state index contributed by atoms with van der Waals surface area (Å²) in [5, 5.41) is 3.38. The fourth-order valence-electron chi connectivity index (χ4n) is 1.89. The molecule has 1 aromatic heterocycles. The third-order valence-electron chi connectivity index (χ3n) is 3.04. The Morgan fingerprint density at radius 2 is 1.89 bits per heavy atom. The Balaban J connectivity index is 2.09. The molecule has 0 aliphatic carbocycles. The zero-order chi connectivity index (χ0) is 13.4. The van der Waals surface area contributed by atoms with E-state index >= 15 is 0 Å². The monoisotopic (exact) mass is 312 g/mol. The van der Waals surface area contributed by atoms with E-state index in [9.17, 15) is 0 Å². The van der Waals surface area contributed by atoms with Crippen LogP contribution in [-0.4, -0.2) is 11.5 Å². The third kappa shape index (κ3) is 6.39. The molecule has 0 amide bonds. The van der Waals surface area contributed by atoms with Crippen LogP contribution in [0.4, 0.5) is 5.82 Å². The lowest BCUT2D eigenvalue weighted by atomic mass is 10.0. The largest absolute Gasteiger partial charge is 0.370 e. The van der Waals surface area contributed by atoms with Gasteiger partial charge in [0.05, 0.1) is 5.69 Å². The molecule has 0 atom stereocenters. The molecule has 0 bridgehead atoms. The molecule has 0 spiro atoms. The van der Waals surface area contributed by atoms with E-state index in [1.165, 1.54) is 32.1 Å². The molecule has 0 aromatic carbocycles. The van der Waals surface area contributed by atoms with Gasteiger partial charge in [0.15, 0.2) is 0 Å². The maximum atomic E-state index is 4.47. The molecule has 0 fully saturated rings. The number of aromatic nitrogens is 1. The van der Waals surface area contributed by atoms with Gasteiger partial charge in [0.25, 0.3) is 0 Å². The van der Waals surface area contributed by atoms with Crippen LogP contribution in [0.1, 0.15) is 51.6 Å². The van der Waals surface area contributed by atoms with Crippen molar-refractivity contribution in [3.63, 3.8) is 0 Å². The molecule has 3 heteroatoms.